The third kappa shape index (κ3) is 3.41. The molecule has 1 saturated heterocycles. The minimum atomic E-state index is -3.79. The summed E-state index contributed by atoms with van der Waals surface area (Å²) in [5.41, 5.74) is 2.45. The molecule has 0 radical (unpaired) electrons. The highest BCUT2D eigenvalue weighted by Crippen LogP contribution is 2.35. The van der Waals surface area contributed by atoms with E-state index in [4.69, 9.17) is 4.74 Å². The fourth-order valence-corrected chi connectivity index (χ4v) is 5.73. The Kier molecular flexibility index (Phi) is 5.44. The number of hydrogen-bond donors (Lipinski definition) is 0. The lowest BCUT2D eigenvalue weighted by Crippen LogP contribution is -2.30. The van der Waals surface area contributed by atoms with Gasteiger partial charge in [-0.05, 0) is 38.7 Å². The molecule has 1 aromatic heterocycles. The quantitative estimate of drug-likeness (QED) is 0.736. The molecule has 1 aliphatic rings. The smallest absolute Gasteiger partial charge is 0.341 e. The number of benzene rings is 1. The van der Waals surface area contributed by atoms with Gasteiger partial charge in [-0.15, -0.1) is 0 Å². The molecule has 1 fully saturated rings. The summed E-state index contributed by atoms with van der Waals surface area (Å²) in [5.74, 6) is -0.423. The summed E-state index contributed by atoms with van der Waals surface area (Å²) in [5, 5.41) is 0. The Hall–Kier alpha value is -2.12. The number of aromatic nitrogens is 1. The van der Waals surface area contributed by atoms with Crippen molar-refractivity contribution in [1.82, 2.24) is 8.87 Å². The minimum absolute atomic E-state index is 0.0784. The molecular weight excluding hydrogens is 364 g/mol. The Morgan fingerprint density at radius 2 is 1.85 bits per heavy atom. The molecule has 27 heavy (non-hydrogen) atoms. The van der Waals surface area contributed by atoms with Crippen LogP contribution in [0.1, 0.15) is 46.6 Å². The van der Waals surface area contributed by atoms with Crippen molar-refractivity contribution in [3.8, 4) is 0 Å². The minimum Gasteiger partial charge on any atom is -0.462 e. The predicted octanol–water partition coefficient (Wildman–Crippen LogP) is 3.00. The summed E-state index contributed by atoms with van der Waals surface area (Å²) >= 11 is 0. The summed E-state index contributed by atoms with van der Waals surface area (Å²) in [6.07, 6.45) is 0.767. The summed E-state index contributed by atoms with van der Waals surface area (Å²) in [7, 11) is -2.03. The van der Waals surface area contributed by atoms with Crippen LogP contribution < -0.4 is 0 Å². The van der Waals surface area contributed by atoms with Crippen LogP contribution in [0, 0.1) is 13.8 Å². The van der Waals surface area contributed by atoms with Crippen LogP contribution in [0.25, 0.3) is 0 Å². The maximum Gasteiger partial charge on any atom is 0.341 e. The molecule has 0 amide bonds. The van der Waals surface area contributed by atoms with Crippen molar-refractivity contribution >= 4 is 16.0 Å². The molecule has 3 rings (SSSR count). The van der Waals surface area contributed by atoms with Gasteiger partial charge in [0.1, 0.15) is 10.5 Å². The van der Waals surface area contributed by atoms with Crippen LogP contribution in [0.3, 0.4) is 0 Å². The molecule has 0 bridgehead atoms. The fraction of sp³-hybridized carbons (Fsp3) is 0.450. The zero-order chi connectivity index (χ0) is 19.8. The first-order valence-electron chi connectivity index (χ1n) is 9.17. The fourth-order valence-electron chi connectivity index (χ4n) is 3.75. The van der Waals surface area contributed by atoms with E-state index in [1.807, 2.05) is 30.3 Å². The molecule has 0 saturated carbocycles. The monoisotopic (exact) mass is 390 g/mol. The summed E-state index contributed by atoms with van der Waals surface area (Å²) < 4.78 is 35.2. The number of nitrogens with zero attached hydrogens (tertiary/aromatic N) is 2. The summed E-state index contributed by atoms with van der Waals surface area (Å²) in [4.78, 5) is 12.6. The van der Waals surface area contributed by atoms with Crippen molar-refractivity contribution in [2.75, 3.05) is 19.7 Å². The third-order valence-corrected chi connectivity index (χ3v) is 7.45. The summed E-state index contributed by atoms with van der Waals surface area (Å²) in [6, 6.07) is 9.95. The first-order chi connectivity index (χ1) is 12.8. The Morgan fingerprint density at radius 3 is 2.48 bits per heavy atom. The van der Waals surface area contributed by atoms with E-state index in [-0.39, 0.29) is 23.0 Å². The first kappa shape index (κ1) is 19.6. The largest absolute Gasteiger partial charge is 0.462 e. The number of rotatable bonds is 5. The van der Waals surface area contributed by atoms with E-state index in [1.165, 1.54) is 4.31 Å². The Morgan fingerprint density at radius 1 is 1.19 bits per heavy atom. The van der Waals surface area contributed by atoms with E-state index < -0.39 is 16.0 Å². The predicted molar refractivity (Wildman–Crippen MR) is 103 cm³/mol. The van der Waals surface area contributed by atoms with Crippen LogP contribution in [0.4, 0.5) is 0 Å². The van der Waals surface area contributed by atoms with Crippen LogP contribution in [0.2, 0.25) is 0 Å². The number of hydrogen-bond acceptors (Lipinski definition) is 4. The van der Waals surface area contributed by atoms with Crippen molar-refractivity contribution in [2.24, 2.45) is 7.05 Å². The van der Waals surface area contributed by atoms with Gasteiger partial charge in [0.25, 0.3) is 0 Å². The van der Waals surface area contributed by atoms with Crippen molar-refractivity contribution < 1.29 is 17.9 Å². The van der Waals surface area contributed by atoms with Crippen molar-refractivity contribution in [3.63, 3.8) is 0 Å². The van der Waals surface area contributed by atoms with Gasteiger partial charge in [-0.25, -0.2) is 13.2 Å². The number of sulfonamides is 1. The number of esters is 1. The van der Waals surface area contributed by atoms with Crippen molar-refractivity contribution in [3.05, 3.63) is 52.8 Å². The van der Waals surface area contributed by atoms with Gasteiger partial charge in [-0.2, -0.15) is 4.31 Å². The topological polar surface area (TPSA) is 68.6 Å². The van der Waals surface area contributed by atoms with E-state index >= 15 is 0 Å². The molecule has 0 N–H and O–H groups in total. The molecular formula is C20H26N2O4S. The van der Waals surface area contributed by atoms with Gasteiger partial charge in [-0.1, -0.05) is 30.3 Å². The first-order valence-corrected chi connectivity index (χ1v) is 10.6. The van der Waals surface area contributed by atoms with Gasteiger partial charge in [0.2, 0.25) is 10.0 Å². The van der Waals surface area contributed by atoms with Gasteiger partial charge < -0.3 is 9.30 Å². The van der Waals surface area contributed by atoms with Crippen LogP contribution >= 0.6 is 0 Å². The van der Waals surface area contributed by atoms with Gasteiger partial charge >= 0.3 is 5.97 Å². The second-order valence-electron chi connectivity index (χ2n) is 6.91. The van der Waals surface area contributed by atoms with E-state index in [2.05, 4.69) is 0 Å². The highest BCUT2D eigenvalue weighted by atomic mass is 32.2. The highest BCUT2D eigenvalue weighted by molar-refractivity contribution is 7.89. The maximum absolute atomic E-state index is 13.4. The van der Waals surface area contributed by atoms with Gasteiger partial charge in [0, 0.05) is 31.5 Å². The Balaban J connectivity index is 1.99. The molecule has 146 valence electrons. The molecule has 7 heteroatoms. The second-order valence-corrected chi connectivity index (χ2v) is 8.79. The molecule has 1 aromatic carbocycles. The number of ether oxygens (including phenoxy) is 1. The Bertz CT molecular complexity index is 948. The van der Waals surface area contributed by atoms with Crippen LogP contribution in [-0.4, -0.2) is 43.0 Å². The molecule has 0 unspecified atom stereocenters. The molecule has 2 heterocycles. The van der Waals surface area contributed by atoms with E-state index in [9.17, 15) is 13.2 Å². The maximum atomic E-state index is 13.4. The zero-order valence-electron chi connectivity index (χ0n) is 16.2. The third-order valence-electron chi connectivity index (χ3n) is 5.42. The van der Waals surface area contributed by atoms with Gasteiger partial charge in [0.15, 0.2) is 0 Å². The summed E-state index contributed by atoms with van der Waals surface area (Å²) in [6.45, 7) is 6.25. The normalized spacial score (nSPS) is 18.0. The highest BCUT2D eigenvalue weighted by Gasteiger charge is 2.39. The van der Waals surface area contributed by atoms with Crippen LogP contribution in [0.15, 0.2) is 35.2 Å². The zero-order valence-corrected chi connectivity index (χ0v) is 17.0. The van der Waals surface area contributed by atoms with Crippen molar-refractivity contribution in [2.45, 2.75) is 38.0 Å². The lowest BCUT2D eigenvalue weighted by atomic mass is 9.99. The van der Waals surface area contributed by atoms with Crippen molar-refractivity contribution in [1.29, 1.82) is 0 Å². The average molecular weight is 391 g/mol. The number of carbonyl (C=O) groups excluding carboxylic acids is 1. The molecule has 1 atom stereocenters. The van der Waals surface area contributed by atoms with Crippen LogP contribution in [0.5, 0.6) is 0 Å². The standard InChI is InChI=1S/C20H26N2O4S/c1-5-26-20(23)18-14(2)21(4)15(3)19(18)27(24,25)22-12-11-17(13-22)16-9-7-6-8-10-16/h6-10,17H,5,11-13H2,1-4H3/t17-/m0/s1. The van der Waals surface area contributed by atoms with E-state index in [0.29, 0.717) is 24.5 Å². The van der Waals surface area contributed by atoms with Gasteiger partial charge in [0.05, 0.1) is 6.61 Å². The number of carbonyl (C=O) groups is 1. The molecule has 2 aromatic rings. The Labute approximate surface area is 160 Å². The van der Waals surface area contributed by atoms with E-state index in [1.54, 1.807) is 32.4 Å². The second kappa shape index (κ2) is 7.48. The SMILES string of the molecule is CCOC(=O)c1c(S(=O)(=O)N2CC[C@H](c3ccccc3)C2)c(C)n(C)c1C. The van der Waals surface area contributed by atoms with Crippen LogP contribution in [-0.2, 0) is 21.8 Å². The average Bonchev–Trinajstić information content (AvgIpc) is 3.23. The lowest BCUT2D eigenvalue weighted by molar-refractivity contribution is 0.0521. The van der Waals surface area contributed by atoms with Gasteiger partial charge in [-0.3, -0.25) is 0 Å². The molecule has 0 spiro atoms. The van der Waals surface area contributed by atoms with E-state index in [0.717, 1.165) is 12.0 Å². The lowest BCUT2D eigenvalue weighted by Gasteiger charge is -2.18. The molecule has 1 aliphatic heterocycles. The molecule has 0 aliphatic carbocycles. The molecule has 6 nitrogen and oxygen atoms in total.